The lowest BCUT2D eigenvalue weighted by molar-refractivity contribution is 0.0693. The molecule has 0 spiro atoms. The molecule has 2 heterocycles. The number of rotatable bonds is 2. The maximum absolute atomic E-state index is 12.0. The Morgan fingerprint density at radius 3 is 2.39 bits per heavy atom. The standard InChI is InChI=1S/C10H16N4O3S/c1-18(16,17)14-4-2-13(3-5-14)10(15)9-6-8(11)7-12-9/h6-7,12H,2-5,11H2,1H3. The number of nitrogens with zero attached hydrogens (tertiary/aromatic N) is 2. The van der Waals surface area contributed by atoms with Gasteiger partial charge in [0.25, 0.3) is 5.91 Å². The van der Waals surface area contributed by atoms with Crippen molar-refractivity contribution in [3.63, 3.8) is 0 Å². The van der Waals surface area contributed by atoms with Crippen LogP contribution in [0.5, 0.6) is 0 Å². The summed E-state index contributed by atoms with van der Waals surface area (Å²) >= 11 is 0. The SMILES string of the molecule is CS(=O)(=O)N1CCN(C(=O)c2cc(N)c[nH]2)CC1. The van der Waals surface area contributed by atoms with Crippen LogP contribution in [0.4, 0.5) is 5.69 Å². The lowest BCUT2D eigenvalue weighted by atomic mass is 10.3. The van der Waals surface area contributed by atoms with Gasteiger partial charge in [0.1, 0.15) is 5.69 Å². The van der Waals surface area contributed by atoms with Gasteiger partial charge in [-0.3, -0.25) is 4.79 Å². The number of H-pyrrole nitrogens is 1. The second-order valence-corrected chi connectivity index (χ2v) is 6.28. The van der Waals surface area contributed by atoms with Crippen molar-refractivity contribution in [2.45, 2.75) is 0 Å². The van der Waals surface area contributed by atoms with E-state index in [9.17, 15) is 13.2 Å². The number of piperazine rings is 1. The van der Waals surface area contributed by atoms with Gasteiger partial charge in [-0.2, -0.15) is 4.31 Å². The number of nitrogens with one attached hydrogen (secondary N) is 1. The molecule has 1 fully saturated rings. The van der Waals surface area contributed by atoms with Gasteiger partial charge < -0.3 is 15.6 Å². The molecule has 3 N–H and O–H groups in total. The molecular weight excluding hydrogens is 256 g/mol. The highest BCUT2D eigenvalue weighted by Gasteiger charge is 2.26. The maximum atomic E-state index is 12.0. The topological polar surface area (TPSA) is 99.5 Å². The number of nitrogen functional groups attached to an aromatic ring is 1. The zero-order chi connectivity index (χ0) is 13.3. The molecule has 8 heteroatoms. The van der Waals surface area contributed by atoms with Crippen molar-refractivity contribution in [1.82, 2.24) is 14.2 Å². The Morgan fingerprint density at radius 2 is 1.94 bits per heavy atom. The maximum Gasteiger partial charge on any atom is 0.270 e. The van der Waals surface area contributed by atoms with Crippen LogP contribution in [0, 0.1) is 0 Å². The zero-order valence-corrected chi connectivity index (χ0v) is 10.9. The van der Waals surface area contributed by atoms with Crippen molar-refractivity contribution >= 4 is 21.6 Å². The Morgan fingerprint density at radius 1 is 1.33 bits per heavy atom. The average Bonchev–Trinajstić information content (AvgIpc) is 2.74. The van der Waals surface area contributed by atoms with E-state index in [-0.39, 0.29) is 5.91 Å². The number of amides is 1. The molecule has 0 atom stereocenters. The number of aromatic amines is 1. The Kier molecular flexibility index (Phi) is 3.31. The largest absolute Gasteiger partial charge is 0.397 e. The summed E-state index contributed by atoms with van der Waals surface area (Å²) in [4.78, 5) is 16.5. The van der Waals surface area contributed by atoms with Crippen LogP contribution in [0.25, 0.3) is 0 Å². The van der Waals surface area contributed by atoms with Crippen molar-refractivity contribution in [1.29, 1.82) is 0 Å². The minimum Gasteiger partial charge on any atom is -0.397 e. The van der Waals surface area contributed by atoms with Gasteiger partial charge in [0, 0.05) is 38.1 Å². The lowest BCUT2D eigenvalue weighted by Gasteiger charge is -2.32. The van der Waals surface area contributed by atoms with Crippen LogP contribution in [0.2, 0.25) is 0 Å². The van der Waals surface area contributed by atoms with Crippen LogP contribution < -0.4 is 5.73 Å². The molecule has 1 amide bonds. The quantitative estimate of drug-likeness (QED) is 0.744. The summed E-state index contributed by atoms with van der Waals surface area (Å²) in [5, 5.41) is 0. The van der Waals surface area contributed by atoms with Gasteiger partial charge in [-0.1, -0.05) is 0 Å². The zero-order valence-electron chi connectivity index (χ0n) is 10.1. The molecule has 1 aliphatic rings. The highest BCUT2D eigenvalue weighted by atomic mass is 32.2. The summed E-state index contributed by atoms with van der Waals surface area (Å²) in [6.07, 6.45) is 2.73. The van der Waals surface area contributed by atoms with Crippen molar-refractivity contribution < 1.29 is 13.2 Å². The summed E-state index contributed by atoms with van der Waals surface area (Å²) in [5.41, 5.74) is 6.47. The number of anilines is 1. The fourth-order valence-corrected chi connectivity index (χ4v) is 2.75. The molecular formula is C10H16N4O3S. The average molecular weight is 272 g/mol. The van der Waals surface area contributed by atoms with Gasteiger partial charge in [0.05, 0.1) is 6.26 Å². The van der Waals surface area contributed by atoms with Gasteiger partial charge in [-0.25, -0.2) is 8.42 Å². The van der Waals surface area contributed by atoms with Crippen LogP contribution >= 0.6 is 0 Å². The first-order valence-corrected chi connectivity index (χ1v) is 7.41. The molecule has 0 unspecified atom stereocenters. The van der Waals surface area contributed by atoms with E-state index in [2.05, 4.69) is 4.98 Å². The van der Waals surface area contributed by atoms with Gasteiger partial charge in [-0.15, -0.1) is 0 Å². The summed E-state index contributed by atoms with van der Waals surface area (Å²) in [6.45, 7) is 1.46. The van der Waals surface area contributed by atoms with Crippen LogP contribution in [0.1, 0.15) is 10.5 Å². The van der Waals surface area contributed by atoms with E-state index in [0.29, 0.717) is 37.6 Å². The smallest absolute Gasteiger partial charge is 0.270 e. The van der Waals surface area contributed by atoms with Crippen molar-refractivity contribution in [3.05, 3.63) is 18.0 Å². The molecule has 18 heavy (non-hydrogen) atoms. The molecule has 1 aromatic rings. The molecule has 7 nitrogen and oxygen atoms in total. The predicted molar refractivity (Wildman–Crippen MR) is 67.5 cm³/mol. The molecule has 1 aromatic heterocycles. The second kappa shape index (κ2) is 4.62. The molecule has 2 rings (SSSR count). The van der Waals surface area contributed by atoms with Crippen molar-refractivity contribution in [3.8, 4) is 0 Å². The third-order valence-electron chi connectivity index (χ3n) is 2.93. The van der Waals surface area contributed by atoms with Gasteiger partial charge in [0.2, 0.25) is 10.0 Å². The second-order valence-electron chi connectivity index (χ2n) is 4.30. The van der Waals surface area contributed by atoms with Crippen LogP contribution in [-0.4, -0.2) is 60.9 Å². The van der Waals surface area contributed by atoms with Gasteiger partial charge in [0.15, 0.2) is 0 Å². The first kappa shape index (κ1) is 12.9. The van der Waals surface area contributed by atoms with E-state index >= 15 is 0 Å². The number of aromatic nitrogens is 1. The van der Waals surface area contributed by atoms with E-state index < -0.39 is 10.0 Å². The number of carbonyl (C=O) groups excluding carboxylic acids is 1. The molecule has 1 aliphatic heterocycles. The number of carbonyl (C=O) groups is 1. The molecule has 0 aromatic carbocycles. The summed E-state index contributed by atoms with van der Waals surface area (Å²) in [7, 11) is -3.17. The van der Waals surface area contributed by atoms with E-state index in [1.54, 1.807) is 17.2 Å². The Balaban J connectivity index is 2.00. The predicted octanol–water partition coefficient (Wildman–Crippen LogP) is -0.686. The highest BCUT2D eigenvalue weighted by molar-refractivity contribution is 7.88. The normalized spacial score (nSPS) is 17.9. The monoisotopic (exact) mass is 272 g/mol. The fourth-order valence-electron chi connectivity index (χ4n) is 1.93. The lowest BCUT2D eigenvalue weighted by Crippen LogP contribution is -2.50. The third kappa shape index (κ3) is 2.65. The van der Waals surface area contributed by atoms with Crippen molar-refractivity contribution in [2.75, 3.05) is 38.2 Å². The molecule has 0 aliphatic carbocycles. The summed E-state index contributed by atoms with van der Waals surface area (Å²) in [6, 6.07) is 1.57. The number of sulfonamides is 1. The first-order valence-electron chi connectivity index (χ1n) is 5.56. The van der Waals surface area contributed by atoms with Gasteiger partial charge in [-0.05, 0) is 6.07 Å². The Hall–Kier alpha value is -1.54. The number of hydrogen-bond acceptors (Lipinski definition) is 4. The third-order valence-corrected chi connectivity index (χ3v) is 4.23. The van der Waals surface area contributed by atoms with Gasteiger partial charge >= 0.3 is 0 Å². The Bertz CT molecular complexity index is 543. The molecule has 0 saturated carbocycles. The first-order chi connectivity index (χ1) is 8.38. The van der Waals surface area contributed by atoms with E-state index in [1.165, 1.54) is 10.6 Å². The van der Waals surface area contributed by atoms with E-state index in [1.807, 2.05) is 0 Å². The van der Waals surface area contributed by atoms with Crippen LogP contribution in [0.15, 0.2) is 12.3 Å². The van der Waals surface area contributed by atoms with E-state index in [0.717, 1.165) is 0 Å². The van der Waals surface area contributed by atoms with Crippen LogP contribution in [-0.2, 0) is 10.0 Å². The minimum absolute atomic E-state index is 0.153. The summed E-state index contributed by atoms with van der Waals surface area (Å²) in [5.74, 6) is -0.153. The minimum atomic E-state index is -3.17. The molecule has 100 valence electrons. The molecule has 0 bridgehead atoms. The fraction of sp³-hybridized carbons (Fsp3) is 0.500. The molecule has 0 radical (unpaired) electrons. The van der Waals surface area contributed by atoms with Crippen molar-refractivity contribution in [2.24, 2.45) is 0 Å². The highest BCUT2D eigenvalue weighted by Crippen LogP contribution is 2.11. The van der Waals surface area contributed by atoms with E-state index in [4.69, 9.17) is 5.73 Å². The number of nitrogens with two attached hydrogens (primary N) is 1. The summed E-state index contributed by atoms with van der Waals surface area (Å²) < 4.78 is 24.0. The number of hydrogen-bond donors (Lipinski definition) is 2. The Labute approximate surface area is 106 Å². The van der Waals surface area contributed by atoms with Crippen LogP contribution in [0.3, 0.4) is 0 Å². The molecule has 1 saturated heterocycles.